The first-order valence-electron chi connectivity index (χ1n) is 10.8. The smallest absolute Gasteiger partial charge is 0.0594 e. The predicted molar refractivity (Wildman–Crippen MR) is 106 cm³/mol. The van der Waals surface area contributed by atoms with E-state index in [0.29, 0.717) is 6.17 Å². The molecule has 0 aliphatic carbocycles. The lowest BCUT2D eigenvalue weighted by atomic mass is 10.1. The van der Waals surface area contributed by atoms with Crippen LogP contribution in [-0.4, -0.2) is 30.7 Å². The van der Waals surface area contributed by atoms with E-state index in [1.807, 2.05) is 0 Å². The summed E-state index contributed by atoms with van der Waals surface area (Å²) in [6.07, 6.45) is 18.7. The van der Waals surface area contributed by atoms with E-state index in [9.17, 15) is 0 Å². The Hall–Kier alpha value is -0.0800. The molecule has 0 saturated carbocycles. The molecule has 0 amide bonds. The van der Waals surface area contributed by atoms with Gasteiger partial charge < -0.3 is 5.32 Å². The van der Waals surface area contributed by atoms with Gasteiger partial charge >= 0.3 is 0 Å². The van der Waals surface area contributed by atoms with Crippen LogP contribution in [0.25, 0.3) is 0 Å². The van der Waals surface area contributed by atoms with Crippen LogP contribution in [0.3, 0.4) is 0 Å². The maximum absolute atomic E-state index is 3.78. The van der Waals surface area contributed by atoms with Gasteiger partial charge in [0.15, 0.2) is 0 Å². The van der Waals surface area contributed by atoms with Crippen LogP contribution in [0, 0.1) is 0 Å². The highest BCUT2D eigenvalue weighted by Gasteiger charge is 2.13. The molecule has 2 nitrogen and oxygen atoms in total. The molecule has 0 rings (SSSR count). The van der Waals surface area contributed by atoms with Gasteiger partial charge in [0.25, 0.3) is 0 Å². The lowest BCUT2D eigenvalue weighted by Crippen LogP contribution is -2.46. The highest BCUT2D eigenvalue weighted by Crippen LogP contribution is 2.10. The van der Waals surface area contributed by atoms with Gasteiger partial charge in [-0.1, -0.05) is 91.9 Å². The maximum atomic E-state index is 3.78. The van der Waals surface area contributed by atoms with Crippen molar-refractivity contribution in [2.24, 2.45) is 0 Å². The van der Waals surface area contributed by atoms with E-state index in [4.69, 9.17) is 0 Å². The van der Waals surface area contributed by atoms with E-state index in [-0.39, 0.29) is 0 Å². The molecule has 0 aromatic carbocycles. The lowest BCUT2D eigenvalue weighted by Gasteiger charge is -2.30. The van der Waals surface area contributed by atoms with Crippen LogP contribution in [0.2, 0.25) is 0 Å². The van der Waals surface area contributed by atoms with Crippen molar-refractivity contribution >= 4 is 0 Å². The minimum Gasteiger partial charge on any atom is -0.302 e. The van der Waals surface area contributed by atoms with Crippen LogP contribution >= 0.6 is 0 Å². The van der Waals surface area contributed by atoms with Gasteiger partial charge in [-0.15, -0.1) is 0 Å². The number of nitrogens with zero attached hydrogens (tertiary/aromatic N) is 1. The summed E-state index contributed by atoms with van der Waals surface area (Å²) in [5, 5.41) is 3.78. The molecule has 0 aromatic rings. The Kier molecular flexibility index (Phi) is 18.2. The van der Waals surface area contributed by atoms with Gasteiger partial charge in [-0.3, -0.25) is 4.90 Å². The van der Waals surface area contributed by atoms with Crippen LogP contribution in [0.1, 0.15) is 111 Å². The van der Waals surface area contributed by atoms with Gasteiger partial charge in [-0.05, 0) is 38.9 Å². The summed E-state index contributed by atoms with van der Waals surface area (Å²) in [6.45, 7) is 12.8. The lowest BCUT2D eigenvalue weighted by molar-refractivity contribution is 0.165. The van der Waals surface area contributed by atoms with Crippen molar-refractivity contribution in [3.05, 3.63) is 0 Å². The second-order valence-electron chi connectivity index (χ2n) is 7.04. The monoisotopic (exact) mass is 326 g/mol. The fourth-order valence-corrected chi connectivity index (χ4v) is 3.31. The van der Waals surface area contributed by atoms with Gasteiger partial charge in [0, 0.05) is 0 Å². The summed E-state index contributed by atoms with van der Waals surface area (Å²) in [6, 6.07) is 0. The summed E-state index contributed by atoms with van der Waals surface area (Å²) in [5.74, 6) is 0. The standard InChI is InChI=1S/C21H46N2/c1-5-9-11-12-13-14-15-16-17-18-19-22-21(7-3)23(8-4)20-10-6-2/h21-22H,5-20H2,1-4H3. The van der Waals surface area contributed by atoms with E-state index >= 15 is 0 Å². The van der Waals surface area contributed by atoms with Gasteiger partial charge in [0.05, 0.1) is 6.17 Å². The van der Waals surface area contributed by atoms with E-state index in [0.717, 1.165) is 0 Å². The number of hydrogen-bond donors (Lipinski definition) is 1. The zero-order valence-corrected chi connectivity index (χ0v) is 16.8. The molecule has 1 atom stereocenters. The molecule has 0 bridgehead atoms. The molecule has 0 spiro atoms. The van der Waals surface area contributed by atoms with Crippen molar-refractivity contribution in [2.75, 3.05) is 19.6 Å². The first kappa shape index (κ1) is 22.9. The van der Waals surface area contributed by atoms with Crippen molar-refractivity contribution in [3.8, 4) is 0 Å². The zero-order valence-electron chi connectivity index (χ0n) is 16.8. The Labute approximate surface area is 147 Å². The summed E-state index contributed by atoms with van der Waals surface area (Å²) in [4.78, 5) is 2.61. The first-order valence-corrected chi connectivity index (χ1v) is 10.8. The Balaban J connectivity index is 3.49. The Morgan fingerprint density at radius 1 is 0.652 bits per heavy atom. The Morgan fingerprint density at radius 3 is 1.65 bits per heavy atom. The van der Waals surface area contributed by atoms with Crippen LogP contribution < -0.4 is 5.32 Å². The van der Waals surface area contributed by atoms with Crippen LogP contribution in [-0.2, 0) is 0 Å². The van der Waals surface area contributed by atoms with Gasteiger partial charge in [-0.25, -0.2) is 0 Å². The number of nitrogens with one attached hydrogen (secondary N) is 1. The van der Waals surface area contributed by atoms with Gasteiger partial charge in [-0.2, -0.15) is 0 Å². The van der Waals surface area contributed by atoms with Crippen molar-refractivity contribution in [1.82, 2.24) is 10.2 Å². The van der Waals surface area contributed by atoms with Crippen molar-refractivity contribution in [3.63, 3.8) is 0 Å². The normalized spacial score (nSPS) is 12.9. The molecular weight excluding hydrogens is 280 g/mol. The average molecular weight is 327 g/mol. The maximum Gasteiger partial charge on any atom is 0.0594 e. The van der Waals surface area contributed by atoms with E-state index in [1.54, 1.807) is 0 Å². The van der Waals surface area contributed by atoms with E-state index in [1.165, 1.54) is 103 Å². The number of unbranched alkanes of at least 4 members (excludes halogenated alkanes) is 10. The van der Waals surface area contributed by atoms with Gasteiger partial charge in [0.2, 0.25) is 0 Å². The molecule has 0 aliphatic heterocycles. The second kappa shape index (κ2) is 18.3. The van der Waals surface area contributed by atoms with Crippen LogP contribution in [0.4, 0.5) is 0 Å². The topological polar surface area (TPSA) is 15.3 Å². The average Bonchev–Trinajstić information content (AvgIpc) is 2.58. The molecule has 0 radical (unpaired) electrons. The summed E-state index contributed by atoms with van der Waals surface area (Å²) in [5.41, 5.74) is 0. The first-order chi connectivity index (χ1) is 11.3. The highest BCUT2D eigenvalue weighted by molar-refractivity contribution is 4.67. The molecule has 0 saturated heterocycles. The molecule has 0 heterocycles. The molecule has 1 unspecified atom stereocenters. The van der Waals surface area contributed by atoms with Crippen molar-refractivity contribution in [2.45, 2.75) is 117 Å². The van der Waals surface area contributed by atoms with Crippen molar-refractivity contribution in [1.29, 1.82) is 0 Å². The largest absolute Gasteiger partial charge is 0.302 e. The molecule has 0 aromatic heterocycles. The quantitative estimate of drug-likeness (QED) is 0.233. The molecule has 140 valence electrons. The van der Waals surface area contributed by atoms with Crippen molar-refractivity contribution < 1.29 is 0 Å². The van der Waals surface area contributed by atoms with Crippen LogP contribution in [0.15, 0.2) is 0 Å². The molecule has 23 heavy (non-hydrogen) atoms. The summed E-state index contributed by atoms with van der Waals surface area (Å²) >= 11 is 0. The summed E-state index contributed by atoms with van der Waals surface area (Å²) < 4.78 is 0. The fourth-order valence-electron chi connectivity index (χ4n) is 3.31. The molecule has 2 heteroatoms. The van der Waals surface area contributed by atoms with Gasteiger partial charge in [0.1, 0.15) is 0 Å². The highest BCUT2D eigenvalue weighted by atomic mass is 15.3. The molecule has 0 aliphatic rings. The predicted octanol–water partition coefficient (Wildman–Crippen LogP) is 6.36. The zero-order chi connectivity index (χ0) is 17.2. The minimum atomic E-state index is 0.588. The van der Waals surface area contributed by atoms with E-state index in [2.05, 4.69) is 37.9 Å². The number of rotatable bonds is 18. The molecular formula is C21H46N2. The fraction of sp³-hybridized carbons (Fsp3) is 1.00. The Bertz CT molecular complexity index is 218. The third-order valence-electron chi connectivity index (χ3n) is 4.94. The Morgan fingerprint density at radius 2 is 1.17 bits per heavy atom. The molecule has 0 fully saturated rings. The third-order valence-corrected chi connectivity index (χ3v) is 4.94. The molecule has 1 N–H and O–H groups in total. The number of hydrogen-bond acceptors (Lipinski definition) is 2. The SMILES string of the molecule is CCCCCCCCCCCCNC(CC)N(CC)CCCC. The van der Waals surface area contributed by atoms with Crippen LogP contribution in [0.5, 0.6) is 0 Å². The summed E-state index contributed by atoms with van der Waals surface area (Å²) in [7, 11) is 0. The minimum absolute atomic E-state index is 0.588. The third kappa shape index (κ3) is 14.0. The van der Waals surface area contributed by atoms with E-state index < -0.39 is 0 Å². The second-order valence-corrected chi connectivity index (χ2v) is 7.04.